The summed E-state index contributed by atoms with van der Waals surface area (Å²) < 4.78 is 11.3. The Labute approximate surface area is 144 Å². The van der Waals surface area contributed by atoms with E-state index in [1.54, 1.807) is 24.5 Å². The number of aliphatic hydroxyl groups excluding tert-OH is 3. The van der Waals surface area contributed by atoms with Crippen molar-refractivity contribution in [1.82, 2.24) is 10.3 Å². The third-order valence-corrected chi connectivity index (χ3v) is 4.12. The Hall–Kier alpha value is -2.26. The van der Waals surface area contributed by atoms with Crippen molar-refractivity contribution in [3.63, 3.8) is 0 Å². The molecule has 0 spiro atoms. The summed E-state index contributed by atoms with van der Waals surface area (Å²) in [6, 6.07) is 6.19. The first-order chi connectivity index (χ1) is 12.0. The van der Waals surface area contributed by atoms with E-state index < -0.39 is 43.2 Å². The second kappa shape index (κ2) is 7.32. The standard InChI is InChI=1S/C17H20N2O6/c1-9(21)19-14-16(23)15(22)13(8-20)25-17(14)24-12-3-2-10-4-5-18-7-11(10)6-12/h2-7,13-17,20,22-23H,8H2,1H3,(H,19,21)/t13-,14-,15+,16-,17-/m1/s1. The topological polar surface area (TPSA) is 121 Å². The minimum Gasteiger partial charge on any atom is -0.463 e. The molecule has 0 radical (unpaired) electrons. The van der Waals surface area contributed by atoms with Crippen molar-refractivity contribution in [3.8, 4) is 5.75 Å². The molecule has 8 nitrogen and oxygen atoms in total. The normalized spacial score (nSPS) is 29.4. The predicted octanol–water partition coefficient (Wildman–Crippen LogP) is -0.443. The van der Waals surface area contributed by atoms with Crippen molar-refractivity contribution in [2.75, 3.05) is 6.61 Å². The first kappa shape index (κ1) is 17.6. The van der Waals surface area contributed by atoms with E-state index in [9.17, 15) is 20.1 Å². The first-order valence-electron chi connectivity index (χ1n) is 7.89. The number of benzene rings is 1. The molecule has 1 aliphatic rings. The summed E-state index contributed by atoms with van der Waals surface area (Å²) in [4.78, 5) is 15.5. The summed E-state index contributed by atoms with van der Waals surface area (Å²) in [6.07, 6.45) is -1.42. The van der Waals surface area contributed by atoms with Crippen LogP contribution in [-0.2, 0) is 9.53 Å². The summed E-state index contributed by atoms with van der Waals surface area (Å²) in [6.45, 7) is 0.794. The van der Waals surface area contributed by atoms with Gasteiger partial charge in [0.05, 0.1) is 6.61 Å². The van der Waals surface area contributed by atoms with Gasteiger partial charge in [-0.15, -0.1) is 0 Å². The summed E-state index contributed by atoms with van der Waals surface area (Å²) in [5.41, 5.74) is 0. The van der Waals surface area contributed by atoms with Crippen LogP contribution in [0.5, 0.6) is 5.75 Å². The van der Waals surface area contributed by atoms with E-state index in [2.05, 4.69) is 10.3 Å². The highest BCUT2D eigenvalue weighted by Gasteiger charge is 2.46. The van der Waals surface area contributed by atoms with Gasteiger partial charge >= 0.3 is 0 Å². The Morgan fingerprint density at radius 1 is 1.28 bits per heavy atom. The van der Waals surface area contributed by atoms with Gasteiger partial charge in [-0.05, 0) is 23.6 Å². The highest BCUT2D eigenvalue weighted by Crippen LogP contribution is 2.26. The second-order valence-electron chi connectivity index (χ2n) is 5.94. The van der Waals surface area contributed by atoms with Crippen LogP contribution in [0.4, 0.5) is 0 Å². The molecular formula is C17H20N2O6. The molecule has 8 heteroatoms. The summed E-state index contributed by atoms with van der Waals surface area (Å²) in [7, 11) is 0. The summed E-state index contributed by atoms with van der Waals surface area (Å²) in [5.74, 6) is 0.0414. The maximum atomic E-state index is 11.4. The summed E-state index contributed by atoms with van der Waals surface area (Å²) in [5, 5.41) is 33.9. The van der Waals surface area contributed by atoms with Gasteiger partial charge in [0, 0.05) is 24.7 Å². The van der Waals surface area contributed by atoms with Gasteiger partial charge in [0.2, 0.25) is 12.2 Å². The number of amides is 1. The Morgan fingerprint density at radius 2 is 2.08 bits per heavy atom. The van der Waals surface area contributed by atoms with Crippen LogP contribution in [-0.4, -0.2) is 63.5 Å². The Bertz CT molecular complexity index is 755. The predicted molar refractivity (Wildman–Crippen MR) is 87.7 cm³/mol. The van der Waals surface area contributed by atoms with Crippen LogP contribution in [0.25, 0.3) is 10.8 Å². The number of pyridine rings is 1. The zero-order valence-electron chi connectivity index (χ0n) is 13.6. The number of carbonyl (C=O) groups is 1. The average Bonchev–Trinajstić information content (AvgIpc) is 2.61. The van der Waals surface area contributed by atoms with Crippen molar-refractivity contribution >= 4 is 16.7 Å². The number of carbonyl (C=O) groups excluding carboxylic acids is 1. The number of hydrogen-bond donors (Lipinski definition) is 4. The minimum atomic E-state index is -1.35. The maximum absolute atomic E-state index is 11.4. The zero-order valence-corrected chi connectivity index (χ0v) is 13.6. The van der Waals surface area contributed by atoms with E-state index in [1.807, 2.05) is 12.1 Å². The molecule has 2 aromatic rings. The highest BCUT2D eigenvalue weighted by atomic mass is 16.7. The molecule has 0 bridgehead atoms. The molecular weight excluding hydrogens is 328 g/mol. The molecule has 5 atom stereocenters. The lowest BCUT2D eigenvalue weighted by Crippen LogP contribution is -2.65. The van der Waals surface area contributed by atoms with E-state index in [0.717, 1.165) is 10.8 Å². The lowest BCUT2D eigenvalue weighted by atomic mass is 9.97. The van der Waals surface area contributed by atoms with E-state index in [4.69, 9.17) is 9.47 Å². The molecule has 3 rings (SSSR count). The highest BCUT2D eigenvalue weighted by molar-refractivity contribution is 5.82. The van der Waals surface area contributed by atoms with E-state index in [1.165, 1.54) is 6.92 Å². The number of aromatic nitrogens is 1. The molecule has 1 fully saturated rings. The van der Waals surface area contributed by atoms with Gasteiger partial charge in [-0.1, -0.05) is 6.07 Å². The molecule has 4 N–H and O–H groups in total. The molecule has 0 saturated carbocycles. The molecule has 134 valence electrons. The third kappa shape index (κ3) is 3.72. The number of aliphatic hydroxyl groups is 3. The number of hydrogen-bond acceptors (Lipinski definition) is 7. The van der Waals surface area contributed by atoms with E-state index in [0.29, 0.717) is 5.75 Å². The second-order valence-corrected chi connectivity index (χ2v) is 5.94. The third-order valence-electron chi connectivity index (χ3n) is 4.12. The average molecular weight is 348 g/mol. The molecule has 1 saturated heterocycles. The van der Waals surface area contributed by atoms with Gasteiger partial charge < -0.3 is 30.1 Å². The fraction of sp³-hybridized carbons (Fsp3) is 0.412. The quantitative estimate of drug-likeness (QED) is 0.591. The van der Waals surface area contributed by atoms with Gasteiger partial charge in [0.15, 0.2) is 0 Å². The van der Waals surface area contributed by atoms with Crippen LogP contribution in [0.3, 0.4) is 0 Å². The molecule has 1 amide bonds. The molecule has 1 aromatic carbocycles. The lowest BCUT2D eigenvalue weighted by Gasteiger charge is -2.42. The Kier molecular flexibility index (Phi) is 5.14. The first-order valence-corrected chi connectivity index (χ1v) is 7.89. The number of fused-ring (bicyclic) bond motifs is 1. The van der Waals surface area contributed by atoms with Crippen LogP contribution >= 0.6 is 0 Å². The monoisotopic (exact) mass is 348 g/mol. The fourth-order valence-corrected chi connectivity index (χ4v) is 2.84. The van der Waals surface area contributed by atoms with Gasteiger partial charge in [-0.3, -0.25) is 9.78 Å². The van der Waals surface area contributed by atoms with Crippen LogP contribution in [0.2, 0.25) is 0 Å². The van der Waals surface area contributed by atoms with Crippen molar-refractivity contribution in [2.24, 2.45) is 0 Å². The van der Waals surface area contributed by atoms with Crippen molar-refractivity contribution in [2.45, 2.75) is 37.6 Å². The molecule has 25 heavy (non-hydrogen) atoms. The van der Waals surface area contributed by atoms with Crippen LogP contribution in [0.15, 0.2) is 36.7 Å². The smallest absolute Gasteiger partial charge is 0.223 e. The Morgan fingerprint density at radius 3 is 2.80 bits per heavy atom. The summed E-state index contributed by atoms with van der Waals surface area (Å²) >= 11 is 0. The van der Waals surface area contributed by atoms with Gasteiger partial charge in [0.25, 0.3) is 0 Å². The van der Waals surface area contributed by atoms with Gasteiger partial charge in [-0.2, -0.15) is 0 Å². The van der Waals surface area contributed by atoms with Crippen LogP contribution in [0.1, 0.15) is 6.92 Å². The fourth-order valence-electron chi connectivity index (χ4n) is 2.84. The van der Waals surface area contributed by atoms with E-state index >= 15 is 0 Å². The van der Waals surface area contributed by atoms with E-state index in [-0.39, 0.29) is 0 Å². The molecule has 1 aromatic heterocycles. The number of rotatable bonds is 4. The molecule has 1 aliphatic heterocycles. The minimum absolute atomic E-state index is 0.404. The largest absolute Gasteiger partial charge is 0.463 e. The van der Waals surface area contributed by atoms with Crippen LogP contribution in [0, 0.1) is 0 Å². The molecule has 2 heterocycles. The molecule has 0 aliphatic carbocycles. The van der Waals surface area contributed by atoms with Gasteiger partial charge in [0.1, 0.15) is 30.1 Å². The maximum Gasteiger partial charge on any atom is 0.223 e. The SMILES string of the molecule is CC(=O)N[C@H]1[C@H](Oc2ccc3ccncc3c2)O[C@H](CO)[C@H](O)[C@@H]1O. The van der Waals surface area contributed by atoms with Crippen molar-refractivity contribution in [3.05, 3.63) is 36.7 Å². The number of ether oxygens (including phenoxy) is 2. The van der Waals surface area contributed by atoms with Crippen molar-refractivity contribution in [1.29, 1.82) is 0 Å². The Balaban J connectivity index is 1.86. The zero-order chi connectivity index (χ0) is 18.0. The lowest BCUT2D eigenvalue weighted by molar-refractivity contribution is -0.244. The molecule has 0 unspecified atom stereocenters. The van der Waals surface area contributed by atoms with Gasteiger partial charge in [-0.25, -0.2) is 0 Å². The van der Waals surface area contributed by atoms with Crippen LogP contribution < -0.4 is 10.1 Å². The number of nitrogens with zero attached hydrogens (tertiary/aromatic N) is 1. The number of nitrogens with one attached hydrogen (secondary N) is 1. The van der Waals surface area contributed by atoms with Crippen molar-refractivity contribution < 1.29 is 29.6 Å².